The minimum Gasteiger partial charge on any atom is -0.0656 e. The summed E-state index contributed by atoms with van der Waals surface area (Å²) in [4.78, 5) is 0. The Kier molecular flexibility index (Phi) is 4.79. The van der Waals surface area contributed by atoms with Crippen LogP contribution in [-0.2, 0) is 0 Å². The van der Waals surface area contributed by atoms with E-state index in [9.17, 15) is 0 Å². The van der Waals surface area contributed by atoms with E-state index < -0.39 is 8.07 Å². The molecule has 0 saturated carbocycles. The zero-order valence-corrected chi connectivity index (χ0v) is 18.5. The predicted molar refractivity (Wildman–Crippen MR) is 126 cm³/mol. The zero-order valence-electron chi connectivity index (χ0n) is 16.0. The monoisotopic (exact) mass is 430 g/mol. The first kappa shape index (κ1) is 18.2. The van der Waals surface area contributed by atoms with Gasteiger partial charge in [-0.05, 0) is 33.5 Å². The normalized spacial score (nSPS) is 11.7. The molecular weight excluding hydrogens is 408 g/mol. The molecule has 0 unspecified atom stereocenters. The fraction of sp³-hybridized carbons (Fsp3) is 0.120. The summed E-state index contributed by atoms with van der Waals surface area (Å²) in [6.45, 7) is 7.16. The van der Waals surface area contributed by atoms with Crippen molar-refractivity contribution >= 4 is 40.0 Å². The van der Waals surface area contributed by atoms with Gasteiger partial charge in [0.1, 0.15) is 0 Å². The van der Waals surface area contributed by atoms with E-state index in [4.69, 9.17) is 0 Å². The number of benzene rings is 4. The Morgan fingerprint density at radius 3 is 1.78 bits per heavy atom. The third-order valence-corrected chi connectivity index (χ3v) is 7.86. The summed E-state index contributed by atoms with van der Waals surface area (Å²) in [5, 5.41) is 4.04. The molecule has 0 heterocycles. The Bertz CT molecular complexity index is 1090. The van der Waals surface area contributed by atoms with Gasteiger partial charge in [0.15, 0.2) is 0 Å². The fourth-order valence-electron chi connectivity index (χ4n) is 3.53. The highest BCUT2D eigenvalue weighted by atomic mass is 79.9. The molecule has 0 N–H and O–H groups in total. The molecule has 0 aliphatic heterocycles. The van der Waals surface area contributed by atoms with Crippen molar-refractivity contribution in [2.24, 2.45) is 0 Å². The van der Waals surface area contributed by atoms with Gasteiger partial charge in [0.2, 0.25) is 0 Å². The summed E-state index contributed by atoms with van der Waals surface area (Å²) >= 11 is 3.75. The molecule has 0 spiro atoms. The molecule has 0 aromatic heterocycles. The predicted octanol–water partition coefficient (Wildman–Crippen LogP) is 7.48. The molecule has 0 saturated heterocycles. The molecule has 134 valence electrons. The fourth-order valence-corrected chi connectivity index (χ4v) is 5.27. The molecule has 4 aromatic carbocycles. The van der Waals surface area contributed by atoms with E-state index in [1.165, 1.54) is 38.2 Å². The first-order chi connectivity index (χ1) is 12.9. The second-order valence-electron chi connectivity index (χ2n) is 8.05. The van der Waals surface area contributed by atoms with Gasteiger partial charge in [-0.1, -0.05) is 120 Å². The van der Waals surface area contributed by atoms with Crippen LogP contribution in [0.15, 0.2) is 89.4 Å². The Morgan fingerprint density at radius 1 is 0.593 bits per heavy atom. The molecule has 0 bridgehead atoms. The maximum atomic E-state index is 3.75. The second-order valence-corrected chi connectivity index (χ2v) is 14.0. The second kappa shape index (κ2) is 7.10. The molecular formula is C25H23BrSi. The van der Waals surface area contributed by atoms with Gasteiger partial charge in [0, 0.05) is 10.0 Å². The molecule has 27 heavy (non-hydrogen) atoms. The Labute approximate surface area is 171 Å². The average molecular weight is 431 g/mol. The lowest BCUT2D eigenvalue weighted by Crippen LogP contribution is -2.37. The van der Waals surface area contributed by atoms with Gasteiger partial charge in [-0.2, -0.15) is 0 Å². The SMILES string of the molecule is C[Si](C)(C)c1ccc(-c2ccc(-c3c(Br)ccc4ccccc34)cc2)cc1. The van der Waals surface area contributed by atoms with Crippen LogP contribution in [0.3, 0.4) is 0 Å². The summed E-state index contributed by atoms with van der Waals surface area (Å²) < 4.78 is 1.13. The number of hydrogen-bond acceptors (Lipinski definition) is 0. The Morgan fingerprint density at radius 2 is 1.15 bits per heavy atom. The van der Waals surface area contributed by atoms with E-state index in [0.29, 0.717) is 0 Å². The van der Waals surface area contributed by atoms with Crippen LogP contribution < -0.4 is 5.19 Å². The lowest BCUT2D eigenvalue weighted by atomic mass is 9.96. The van der Waals surface area contributed by atoms with E-state index >= 15 is 0 Å². The van der Waals surface area contributed by atoms with Crippen molar-refractivity contribution in [3.05, 3.63) is 89.4 Å². The van der Waals surface area contributed by atoms with Crippen molar-refractivity contribution in [1.82, 2.24) is 0 Å². The van der Waals surface area contributed by atoms with Crippen LogP contribution in [0.2, 0.25) is 19.6 Å². The third kappa shape index (κ3) is 3.65. The van der Waals surface area contributed by atoms with E-state index in [-0.39, 0.29) is 0 Å². The molecule has 0 radical (unpaired) electrons. The van der Waals surface area contributed by atoms with Crippen LogP contribution in [0, 0.1) is 0 Å². The van der Waals surface area contributed by atoms with E-state index in [1.54, 1.807) is 0 Å². The highest BCUT2D eigenvalue weighted by Gasteiger charge is 2.15. The van der Waals surface area contributed by atoms with Crippen LogP contribution in [0.5, 0.6) is 0 Å². The van der Waals surface area contributed by atoms with Crippen LogP contribution in [-0.4, -0.2) is 8.07 Å². The van der Waals surface area contributed by atoms with Crippen LogP contribution in [0.4, 0.5) is 0 Å². The van der Waals surface area contributed by atoms with Crippen molar-refractivity contribution < 1.29 is 0 Å². The van der Waals surface area contributed by atoms with Gasteiger partial charge in [-0.3, -0.25) is 0 Å². The molecule has 0 atom stereocenters. The highest BCUT2D eigenvalue weighted by molar-refractivity contribution is 9.10. The van der Waals surface area contributed by atoms with Gasteiger partial charge in [-0.15, -0.1) is 0 Å². The quantitative estimate of drug-likeness (QED) is 0.295. The summed E-state index contributed by atoms with van der Waals surface area (Å²) in [5.74, 6) is 0. The van der Waals surface area contributed by atoms with E-state index in [0.717, 1.165) is 4.47 Å². The lowest BCUT2D eigenvalue weighted by molar-refractivity contribution is 1.59. The van der Waals surface area contributed by atoms with E-state index in [1.807, 2.05) is 0 Å². The molecule has 0 amide bonds. The van der Waals surface area contributed by atoms with Gasteiger partial charge < -0.3 is 0 Å². The Balaban J connectivity index is 1.72. The van der Waals surface area contributed by atoms with Gasteiger partial charge in [-0.25, -0.2) is 0 Å². The molecule has 0 aliphatic rings. The molecule has 0 nitrogen and oxygen atoms in total. The lowest BCUT2D eigenvalue weighted by Gasteiger charge is -2.17. The minimum atomic E-state index is -1.25. The first-order valence-electron chi connectivity index (χ1n) is 9.32. The minimum absolute atomic E-state index is 1.13. The summed E-state index contributed by atoms with van der Waals surface area (Å²) in [7, 11) is -1.25. The molecule has 0 aliphatic carbocycles. The molecule has 2 heteroatoms. The zero-order chi connectivity index (χ0) is 19.0. The van der Waals surface area contributed by atoms with E-state index in [2.05, 4.69) is 121 Å². The summed E-state index contributed by atoms with van der Waals surface area (Å²) in [6.07, 6.45) is 0. The first-order valence-corrected chi connectivity index (χ1v) is 13.6. The van der Waals surface area contributed by atoms with Gasteiger partial charge >= 0.3 is 0 Å². The number of halogens is 1. The smallest absolute Gasteiger partial charge is 0.0656 e. The maximum Gasteiger partial charge on any atom is 0.0775 e. The average Bonchev–Trinajstić information content (AvgIpc) is 2.68. The van der Waals surface area contributed by atoms with Crippen LogP contribution in [0.1, 0.15) is 0 Å². The number of hydrogen-bond donors (Lipinski definition) is 0. The number of fused-ring (bicyclic) bond motifs is 1. The van der Waals surface area contributed by atoms with Gasteiger partial charge in [0.25, 0.3) is 0 Å². The van der Waals surface area contributed by atoms with Crippen LogP contribution in [0.25, 0.3) is 33.0 Å². The van der Waals surface area contributed by atoms with Crippen molar-refractivity contribution in [3.8, 4) is 22.3 Å². The van der Waals surface area contributed by atoms with Crippen molar-refractivity contribution in [2.45, 2.75) is 19.6 Å². The summed E-state index contributed by atoms with van der Waals surface area (Å²) in [5.41, 5.74) is 5.03. The van der Waals surface area contributed by atoms with Crippen molar-refractivity contribution in [1.29, 1.82) is 0 Å². The van der Waals surface area contributed by atoms with Crippen molar-refractivity contribution in [2.75, 3.05) is 0 Å². The highest BCUT2D eigenvalue weighted by Crippen LogP contribution is 2.36. The summed E-state index contributed by atoms with van der Waals surface area (Å²) in [6, 6.07) is 30.9. The maximum absolute atomic E-state index is 3.75. The van der Waals surface area contributed by atoms with Gasteiger partial charge in [0.05, 0.1) is 8.07 Å². The third-order valence-electron chi connectivity index (χ3n) is 5.14. The largest absolute Gasteiger partial charge is 0.0775 e. The van der Waals surface area contributed by atoms with Crippen molar-refractivity contribution in [3.63, 3.8) is 0 Å². The standard InChI is InChI=1S/C25H23BrSi/c1-27(2,3)22-15-12-19(13-16-22)18-8-10-21(11-9-18)25-23-7-5-4-6-20(23)14-17-24(25)26/h4-17H,1-3H3. The molecule has 4 rings (SSSR count). The topological polar surface area (TPSA) is 0 Å². The molecule has 0 fully saturated rings. The number of rotatable bonds is 3. The molecule has 4 aromatic rings. The Hall–Kier alpha value is -2.16. The van der Waals surface area contributed by atoms with Crippen LogP contribution >= 0.6 is 15.9 Å².